The van der Waals surface area contributed by atoms with Crippen molar-refractivity contribution in [1.82, 2.24) is 0 Å². The van der Waals surface area contributed by atoms with Crippen LogP contribution < -0.4 is 10.6 Å². The molecule has 0 radical (unpaired) electrons. The molecule has 1 aromatic heterocycles. The van der Waals surface area contributed by atoms with E-state index in [0.717, 1.165) is 27.9 Å². The SMILES string of the molecule is O=c1cc(C2=NN(c3ccccc3)C(c3ccc(O)cc3)C2)c2ccccc2o1. The minimum absolute atomic E-state index is 0.0426. The number of benzene rings is 3. The maximum absolute atomic E-state index is 12.1. The average Bonchev–Trinajstić information content (AvgIpc) is 3.19. The number of nitrogens with zero attached hydrogens (tertiary/aromatic N) is 2. The van der Waals surface area contributed by atoms with E-state index in [1.807, 2.05) is 65.7 Å². The van der Waals surface area contributed by atoms with E-state index in [1.165, 1.54) is 6.07 Å². The molecule has 29 heavy (non-hydrogen) atoms. The zero-order valence-corrected chi connectivity index (χ0v) is 15.5. The molecule has 0 aliphatic carbocycles. The van der Waals surface area contributed by atoms with Crippen molar-refractivity contribution in [1.29, 1.82) is 0 Å². The fourth-order valence-corrected chi connectivity index (χ4v) is 3.80. The molecule has 0 fully saturated rings. The number of phenolic OH excluding ortho intramolecular Hbond substituents is 1. The van der Waals surface area contributed by atoms with Crippen LogP contribution in [-0.4, -0.2) is 10.8 Å². The molecule has 5 rings (SSSR count). The maximum Gasteiger partial charge on any atom is 0.336 e. The van der Waals surface area contributed by atoms with E-state index in [1.54, 1.807) is 18.2 Å². The lowest BCUT2D eigenvalue weighted by atomic mass is 9.96. The molecule has 2 heterocycles. The highest BCUT2D eigenvalue weighted by molar-refractivity contribution is 6.11. The number of fused-ring (bicyclic) bond motifs is 1. The monoisotopic (exact) mass is 382 g/mol. The van der Waals surface area contributed by atoms with Crippen LogP contribution in [0.25, 0.3) is 11.0 Å². The first-order valence-corrected chi connectivity index (χ1v) is 9.43. The average molecular weight is 382 g/mol. The third-order valence-corrected chi connectivity index (χ3v) is 5.17. The summed E-state index contributed by atoms with van der Waals surface area (Å²) in [4.78, 5) is 12.1. The van der Waals surface area contributed by atoms with Crippen molar-refractivity contribution in [3.63, 3.8) is 0 Å². The normalized spacial score (nSPS) is 16.2. The highest BCUT2D eigenvalue weighted by Gasteiger charge is 2.31. The van der Waals surface area contributed by atoms with Gasteiger partial charge in [-0.3, -0.25) is 5.01 Å². The Kier molecular flexibility index (Phi) is 4.13. The zero-order valence-electron chi connectivity index (χ0n) is 15.5. The molecule has 1 aliphatic rings. The molecule has 4 aromatic rings. The quantitative estimate of drug-likeness (QED) is 0.514. The molecule has 5 heteroatoms. The third kappa shape index (κ3) is 3.17. The lowest BCUT2D eigenvalue weighted by Gasteiger charge is -2.24. The number of hydrazone groups is 1. The smallest absolute Gasteiger partial charge is 0.336 e. The molecule has 0 amide bonds. The fraction of sp³-hybridized carbons (Fsp3) is 0.0833. The van der Waals surface area contributed by atoms with E-state index in [0.29, 0.717) is 12.0 Å². The lowest BCUT2D eigenvalue weighted by Crippen LogP contribution is -2.18. The van der Waals surface area contributed by atoms with Crippen LogP contribution in [0.2, 0.25) is 0 Å². The van der Waals surface area contributed by atoms with Gasteiger partial charge < -0.3 is 9.52 Å². The van der Waals surface area contributed by atoms with Crippen molar-refractivity contribution in [3.05, 3.63) is 106 Å². The molecular weight excluding hydrogens is 364 g/mol. The van der Waals surface area contributed by atoms with E-state index in [2.05, 4.69) is 0 Å². The van der Waals surface area contributed by atoms with Crippen molar-refractivity contribution < 1.29 is 9.52 Å². The van der Waals surface area contributed by atoms with Crippen molar-refractivity contribution in [2.75, 3.05) is 5.01 Å². The number of aromatic hydroxyl groups is 1. The Morgan fingerprint density at radius 2 is 1.66 bits per heavy atom. The molecule has 3 aromatic carbocycles. The van der Waals surface area contributed by atoms with Gasteiger partial charge in [-0.05, 0) is 35.9 Å². The second-order valence-corrected chi connectivity index (χ2v) is 7.01. The van der Waals surface area contributed by atoms with E-state index in [-0.39, 0.29) is 17.4 Å². The summed E-state index contributed by atoms with van der Waals surface area (Å²) in [6.07, 6.45) is 0.632. The van der Waals surface area contributed by atoms with Gasteiger partial charge >= 0.3 is 5.63 Å². The Bertz CT molecular complexity index is 1260. The maximum atomic E-state index is 12.1. The van der Waals surface area contributed by atoms with Crippen LogP contribution in [0.5, 0.6) is 5.75 Å². The molecular formula is C24H18N2O3. The van der Waals surface area contributed by atoms with Crippen LogP contribution >= 0.6 is 0 Å². The Morgan fingerprint density at radius 3 is 2.45 bits per heavy atom. The molecule has 0 spiro atoms. The van der Waals surface area contributed by atoms with Gasteiger partial charge in [0, 0.05) is 23.4 Å². The number of hydrogen-bond donors (Lipinski definition) is 1. The summed E-state index contributed by atoms with van der Waals surface area (Å²) in [5, 5.41) is 17.4. The topological polar surface area (TPSA) is 66.0 Å². The minimum atomic E-state index is -0.388. The number of para-hydroxylation sites is 2. The number of phenols is 1. The molecule has 0 saturated heterocycles. The van der Waals surface area contributed by atoms with Crippen molar-refractivity contribution >= 4 is 22.4 Å². The van der Waals surface area contributed by atoms with Gasteiger partial charge in [-0.25, -0.2) is 4.79 Å². The second-order valence-electron chi connectivity index (χ2n) is 7.01. The highest BCUT2D eigenvalue weighted by atomic mass is 16.4. The third-order valence-electron chi connectivity index (χ3n) is 5.17. The zero-order chi connectivity index (χ0) is 19.8. The number of hydrogen-bond acceptors (Lipinski definition) is 5. The van der Waals surface area contributed by atoms with Crippen molar-refractivity contribution in [2.24, 2.45) is 5.10 Å². The Morgan fingerprint density at radius 1 is 0.931 bits per heavy atom. The first-order valence-electron chi connectivity index (χ1n) is 9.43. The van der Waals surface area contributed by atoms with Crippen molar-refractivity contribution in [3.8, 4) is 5.75 Å². The van der Waals surface area contributed by atoms with Crippen LogP contribution in [0.3, 0.4) is 0 Å². The van der Waals surface area contributed by atoms with E-state index in [9.17, 15) is 9.90 Å². The van der Waals surface area contributed by atoms with Crippen LogP contribution in [0, 0.1) is 0 Å². The molecule has 1 unspecified atom stereocenters. The predicted octanol–water partition coefficient (Wildman–Crippen LogP) is 4.85. The van der Waals surface area contributed by atoms with Gasteiger partial charge in [0.15, 0.2) is 0 Å². The van der Waals surface area contributed by atoms with E-state index in [4.69, 9.17) is 9.52 Å². The van der Waals surface area contributed by atoms with Crippen LogP contribution in [-0.2, 0) is 0 Å². The second kappa shape index (κ2) is 6.95. The van der Waals surface area contributed by atoms with Gasteiger partial charge in [-0.2, -0.15) is 5.10 Å². The summed E-state index contributed by atoms with van der Waals surface area (Å²) < 4.78 is 5.35. The molecule has 0 saturated carbocycles. The summed E-state index contributed by atoms with van der Waals surface area (Å²) in [6.45, 7) is 0. The van der Waals surface area contributed by atoms with E-state index < -0.39 is 0 Å². The first kappa shape index (κ1) is 17.3. The Hall–Kier alpha value is -3.86. The van der Waals surface area contributed by atoms with Gasteiger partial charge in [-0.1, -0.05) is 48.5 Å². The summed E-state index contributed by atoms with van der Waals surface area (Å²) in [6, 6.07) is 26.1. The van der Waals surface area contributed by atoms with Gasteiger partial charge in [0.25, 0.3) is 0 Å². The molecule has 1 aliphatic heterocycles. The van der Waals surface area contributed by atoms with Gasteiger partial charge in [-0.15, -0.1) is 0 Å². The van der Waals surface area contributed by atoms with Crippen LogP contribution in [0.15, 0.2) is 99.2 Å². The summed E-state index contributed by atoms with van der Waals surface area (Å²) in [5.74, 6) is 0.228. The van der Waals surface area contributed by atoms with E-state index >= 15 is 0 Å². The highest BCUT2D eigenvalue weighted by Crippen LogP contribution is 2.37. The standard InChI is InChI=1S/C24H18N2O3/c27-18-12-10-16(11-13-18)22-15-21(25-26(22)17-6-2-1-3-7-17)20-14-24(28)29-23-9-5-4-8-19(20)23/h1-14,22,27H,15H2. The fourth-order valence-electron chi connectivity index (χ4n) is 3.80. The van der Waals surface area contributed by atoms with Crippen LogP contribution in [0.1, 0.15) is 23.6 Å². The summed E-state index contributed by atoms with van der Waals surface area (Å²) in [7, 11) is 0. The summed E-state index contributed by atoms with van der Waals surface area (Å²) in [5.41, 5.74) is 3.79. The number of rotatable bonds is 3. The van der Waals surface area contributed by atoms with Gasteiger partial charge in [0.05, 0.1) is 17.4 Å². The predicted molar refractivity (Wildman–Crippen MR) is 113 cm³/mol. The lowest BCUT2D eigenvalue weighted by molar-refractivity contribution is 0.475. The van der Waals surface area contributed by atoms with Gasteiger partial charge in [0.2, 0.25) is 0 Å². The Balaban J connectivity index is 1.65. The molecule has 1 N–H and O–H groups in total. The van der Waals surface area contributed by atoms with Gasteiger partial charge in [0.1, 0.15) is 11.3 Å². The minimum Gasteiger partial charge on any atom is -0.508 e. The van der Waals surface area contributed by atoms with Crippen molar-refractivity contribution in [2.45, 2.75) is 12.5 Å². The first-order chi connectivity index (χ1) is 14.2. The molecule has 142 valence electrons. The molecule has 5 nitrogen and oxygen atoms in total. The molecule has 1 atom stereocenters. The largest absolute Gasteiger partial charge is 0.508 e. The van der Waals surface area contributed by atoms with Crippen LogP contribution in [0.4, 0.5) is 5.69 Å². The summed E-state index contributed by atoms with van der Waals surface area (Å²) >= 11 is 0. The number of anilines is 1. The molecule has 0 bridgehead atoms. The Labute approximate surface area is 167 Å².